The molecule has 114 valence electrons. The van der Waals surface area contributed by atoms with Gasteiger partial charge in [-0.2, -0.15) is 0 Å². The van der Waals surface area contributed by atoms with E-state index >= 15 is 0 Å². The highest BCUT2D eigenvalue weighted by molar-refractivity contribution is 5.20. The van der Waals surface area contributed by atoms with Crippen molar-refractivity contribution >= 4 is 0 Å². The summed E-state index contributed by atoms with van der Waals surface area (Å²) in [5.41, 5.74) is 1.12. The van der Waals surface area contributed by atoms with Gasteiger partial charge in [-0.3, -0.25) is 0 Å². The van der Waals surface area contributed by atoms with Crippen LogP contribution in [-0.4, -0.2) is 14.8 Å². The highest BCUT2D eigenvalue weighted by Crippen LogP contribution is 2.20. The van der Waals surface area contributed by atoms with Crippen molar-refractivity contribution in [3.8, 4) is 0 Å². The maximum Gasteiger partial charge on any atom is 0.146 e. The Morgan fingerprint density at radius 3 is 2.67 bits per heavy atom. The summed E-state index contributed by atoms with van der Waals surface area (Å²) in [4.78, 5) is 0. The molecule has 0 saturated carbocycles. The molecule has 1 unspecified atom stereocenters. The van der Waals surface area contributed by atoms with Crippen molar-refractivity contribution in [2.24, 2.45) is 0 Å². The minimum Gasteiger partial charge on any atom is -0.317 e. The van der Waals surface area contributed by atoms with E-state index in [1.54, 1.807) is 6.33 Å². The van der Waals surface area contributed by atoms with Gasteiger partial charge in [-0.05, 0) is 31.0 Å². The van der Waals surface area contributed by atoms with E-state index in [2.05, 4.69) is 29.4 Å². The second-order valence-electron chi connectivity index (χ2n) is 5.16. The van der Waals surface area contributed by atoms with Gasteiger partial charge in [-0.25, -0.2) is 4.39 Å². The lowest BCUT2D eigenvalue weighted by molar-refractivity contribution is 0.465. The summed E-state index contributed by atoms with van der Waals surface area (Å²) in [6.07, 6.45) is 5.05. The molecular weight excluding hydrogens is 267 g/mol. The molecule has 2 aromatic rings. The van der Waals surface area contributed by atoms with Crippen LogP contribution in [0.1, 0.15) is 50.5 Å². The van der Waals surface area contributed by atoms with E-state index in [-0.39, 0.29) is 11.9 Å². The predicted molar refractivity (Wildman–Crippen MR) is 81.2 cm³/mol. The molecule has 0 saturated heterocycles. The largest absolute Gasteiger partial charge is 0.317 e. The standard InChI is InChI=1S/C16H23FN4/c1-3-5-6-15(13-7-9-14(17)10-8-13)18-11-16-20-19-12-21(16)4-2/h7-10,12,15,18H,3-6,11H2,1-2H3. The minimum atomic E-state index is -0.196. The van der Waals surface area contributed by atoms with Crippen molar-refractivity contribution in [3.05, 3.63) is 47.8 Å². The SMILES string of the molecule is CCCCC(NCc1nncn1CC)c1ccc(F)cc1. The molecule has 1 heterocycles. The fraction of sp³-hybridized carbons (Fsp3) is 0.500. The van der Waals surface area contributed by atoms with Crippen molar-refractivity contribution in [3.63, 3.8) is 0 Å². The number of nitrogens with one attached hydrogen (secondary N) is 1. The lowest BCUT2D eigenvalue weighted by Gasteiger charge is -2.19. The van der Waals surface area contributed by atoms with Crippen molar-refractivity contribution in [1.82, 2.24) is 20.1 Å². The van der Waals surface area contributed by atoms with Crippen LogP contribution in [0.4, 0.5) is 4.39 Å². The van der Waals surface area contributed by atoms with Gasteiger partial charge in [-0.15, -0.1) is 10.2 Å². The second kappa shape index (κ2) is 7.88. The topological polar surface area (TPSA) is 42.7 Å². The van der Waals surface area contributed by atoms with Gasteiger partial charge in [0.25, 0.3) is 0 Å². The van der Waals surface area contributed by atoms with Crippen molar-refractivity contribution in [2.45, 2.75) is 52.2 Å². The number of hydrogen-bond donors (Lipinski definition) is 1. The van der Waals surface area contributed by atoms with E-state index in [1.165, 1.54) is 12.1 Å². The van der Waals surface area contributed by atoms with Gasteiger partial charge in [0.05, 0.1) is 6.54 Å². The van der Waals surface area contributed by atoms with Crippen LogP contribution in [0.25, 0.3) is 0 Å². The van der Waals surface area contributed by atoms with E-state index in [1.807, 2.05) is 16.7 Å². The molecule has 5 heteroatoms. The fourth-order valence-corrected chi connectivity index (χ4v) is 2.38. The lowest BCUT2D eigenvalue weighted by atomic mass is 10.0. The summed E-state index contributed by atoms with van der Waals surface area (Å²) in [5, 5.41) is 11.6. The Morgan fingerprint density at radius 2 is 2.00 bits per heavy atom. The molecule has 1 atom stereocenters. The number of hydrogen-bond acceptors (Lipinski definition) is 3. The number of aromatic nitrogens is 3. The second-order valence-corrected chi connectivity index (χ2v) is 5.16. The quantitative estimate of drug-likeness (QED) is 0.809. The van der Waals surface area contributed by atoms with Crippen molar-refractivity contribution in [2.75, 3.05) is 0 Å². The lowest BCUT2D eigenvalue weighted by Crippen LogP contribution is -2.23. The number of rotatable bonds is 8. The molecule has 0 radical (unpaired) electrons. The van der Waals surface area contributed by atoms with Crippen molar-refractivity contribution in [1.29, 1.82) is 0 Å². The monoisotopic (exact) mass is 290 g/mol. The van der Waals surface area contributed by atoms with E-state index in [4.69, 9.17) is 0 Å². The number of aryl methyl sites for hydroxylation is 1. The first-order valence-electron chi connectivity index (χ1n) is 7.60. The van der Waals surface area contributed by atoms with Crippen LogP contribution < -0.4 is 5.32 Å². The van der Waals surface area contributed by atoms with Gasteiger partial charge >= 0.3 is 0 Å². The Labute approximate surface area is 125 Å². The van der Waals surface area contributed by atoms with E-state index in [0.29, 0.717) is 6.54 Å². The number of nitrogens with zero attached hydrogens (tertiary/aromatic N) is 3. The van der Waals surface area contributed by atoms with Crippen LogP contribution in [0.15, 0.2) is 30.6 Å². The van der Waals surface area contributed by atoms with Gasteiger partial charge in [-0.1, -0.05) is 31.9 Å². The Bertz CT molecular complexity index is 535. The molecule has 1 N–H and O–H groups in total. The first-order valence-corrected chi connectivity index (χ1v) is 7.60. The molecular formula is C16H23FN4. The predicted octanol–water partition coefficient (Wildman–Crippen LogP) is 3.46. The number of unbranched alkanes of at least 4 members (excludes halogenated alkanes) is 1. The summed E-state index contributed by atoms with van der Waals surface area (Å²) in [6.45, 7) is 5.77. The molecule has 0 spiro atoms. The molecule has 0 aliphatic heterocycles. The first kappa shape index (κ1) is 15.6. The Morgan fingerprint density at radius 1 is 1.24 bits per heavy atom. The average molecular weight is 290 g/mol. The van der Waals surface area contributed by atoms with Gasteiger partial charge in [0.1, 0.15) is 18.0 Å². The third-order valence-corrected chi connectivity index (χ3v) is 3.66. The minimum absolute atomic E-state index is 0.196. The highest BCUT2D eigenvalue weighted by atomic mass is 19.1. The zero-order chi connectivity index (χ0) is 15.1. The van der Waals surface area contributed by atoms with Gasteiger partial charge in [0.15, 0.2) is 0 Å². The van der Waals surface area contributed by atoms with E-state index in [0.717, 1.165) is 37.2 Å². The van der Waals surface area contributed by atoms with Crippen LogP contribution in [0, 0.1) is 5.82 Å². The van der Waals surface area contributed by atoms with Gasteiger partial charge in [0.2, 0.25) is 0 Å². The molecule has 0 aliphatic carbocycles. The molecule has 1 aromatic carbocycles. The molecule has 0 amide bonds. The number of halogens is 1. The smallest absolute Gasteiger partial charge is 0.146 e. The fourth-order valence-electron chi connectivity index (χ4n) is 2.38. The van der Waals surface area contributed by atoms with Crippen LogP contribution >= 0.6 is 0 Å². The zero-order valence-electron chi connectivity index (χ0n) is 12.7. The zero-order valence-corrected chi connectivity index (χ0v) is 12.7. The van der Waals surface area contributed by atoms with Crippen LogP contribution in [0.3, 0.4) is 0 Å². The summed E-state index contributed by atoms with van der Waals surface area (Å²) in [7, 11) is 0. The Balaban J connectivity index is 2.04. The third kappa shape index (κ3) is 4.36. The molecule has 0 bridgehead atoms. The highest BCUT2D eigenvalue weighted by Gasteiger charge is 2.12. The van der Waals surface area contributed by atoms with Crippen LogP contribution in [0.2, 0.25) is 0 Å². The Hall–Kier alpha value is -1.75. The van der Waals surface area contributed by atoms with Crippen LogP contribution in [0.5, 0.6) is 0 Å². The molecule has 2 rings (SSSR count). The summed E-state index contributed by atoms with van der Waals surface area (Å²) >= 11 is 0. The average Bonchev–Trinajstić information content (AvgIpc) is 2.96. The van der Waals surface area contributed by atoms with Crippen LogP contribution in [-0.2, 0) is 13.1 Å². The summed E-state index contributed by atoms with van der Waals surface area (Å²) < 4.78 is 15.1. The van der Waals surface area contributed by atoms with Gasteiger partial charge in [0, 0.05) is 12.6 Å². The summed E-state index contributed by atoms with van der Waals surface area (Å²) in [5.74, 6) is 0.736. The number of benzene rings is 1. The first-order chi connectivity index (χ1) is 10.2. The molecule has 21 heavy (non-hydrogen) atoms. The van der Waals surface area contributed by atoms with E-state index in [9.17, 15) is 4.39 Å². The van der Waals surface area contributed by atoms with E-state index < -0.39 is 0 Å². The van der Waals surface area contributed by atoms with Gasteiger partial charge < -0.3 is 9.88 Å². The maximum absolute atomic E-state index is 13.1. The molecule has 0 aliphatic rings. The molecule has 0 fully saturated rings. The summed E-state index contributed by atoms with van der Waals surface area (Å²) in [6, 6.07) is 6.96. The third-order valence-electron chi connectivity index (χ3n) is 3.66. The maximum atomic E-state index is 13.1. The molecule has 1 aromatic heterocycles. The molecule has 4 nitrogen and oxygen atoms in total. The Kier molecular flexibility index (Phi) is 5.87. The van der Waals surface area contributed by atoms with Crippen molar-refractivity contribution < 1.29 is 4.39 Å². The normalized spacial score (nSPS) is 12.5.